The summed E-state index contributed by atoms with van der Waals surface area (Å²) in [6.45, 7) is 5.97. The number of nitrogens with zero attached hydrogens (tertiary/aromatic N) is 1. The average molecular weight is 474 g/mol. The van der Waals surface area contributed by atoms with E-state index in [2.05, 4.69) is 29.4 Å². The lowest BCUT2D eigenvalue weighted by atomic mass is 10.1. The molecule has 0 spiro atoms. The van der Waals surface area contributed by atoms with Crippen LogP contribution in [0.2, 0.25) is 0 Å². The standard InChI is InChI=1S/C28H31N3O4/c1-5-31(6-2)21-17-15-20(16-18-21)19-22(27(32)29-23-11-7-9-13-25(23)34-3)28(33)30-24-12-8-10-14-26(24)35-4/h7-19H,5-6H2,1-4H3,(H,29,32)(H,30,33). The minimum Gasteiger partial charge on any atom is -0.495 e. The molecule has 0 aliphatic heterocycles. The van der Waals surface area contributed by atoms with E-state index < -0.39 is 11.8 Å². The van der Waals surface area contributed by atoms with Crippen LogP contribution in [0.5, 0.6) is 11.5 Å². The highest BCUT2D eigenvalue weighted by Gasteiger charge is 2.21. The Morgan fingerprint density at radius 2 is 1.20 bits per heavy atom. The molecule has 0 heterocycles. The Morgan fingerprint density at radius 3 is 1.63 bits per heavy atom. The highest BCUT2D eigenvalue weighted by atomic mass is 16.5. The van der Waals surface area contributed by atoms with E-state index in [9.17, 15) is 9.59 Å². The van der Waals surface area contributed by atoms with E-state index in [1.807, 2.05) is 24.3 Å². The summed E-state index contributed by atoms with van der Waals surface area (Å²) in [4.78, 5) is 28.8. The summed E-state index contributed by atoms with van der Waals surface area (Å²) in [7, 11) is 3.04. The van der Waals surface area contributed by atoms with E-state index in [0.717, 1.165) is 24.3 Å². The molecule has 0 radical (unpaired) electrons. The number of hydrogen-bond donors (Lipinski definition) is 2. The molecule has 3 rings (SSSR count). The van der Waals surface area contributed by atoms with Crippen molar-refractivity contribution in [1.82, 2.24) is 0 Å². The van der Waals surface area contributed by atoms with Gasteiger partial charge in [0.1, 0.15) is 17.1 Å². The van der Waals surface area contributed by atoms with Gasteiger partial charge in [0.25, 0.3) is 11.8 Å². The largest absolute Gasteiger partial charge is 0.495 e. The molecule has 0 saturated heterocycles. The van der Waals surface area contributed by atoms with E-state index in [-0.39, 0.29) is 5.57 Å². The van der Waals surface area contributed by atoms with Crippen molar-refractivity contribution in [2.75, 3.05) is 42.8 Å². The van der Waals surface area contributed by atoms with Gasteiger partial charge in [-0.1, -0.05) is 36.4 Å². The van der Waals surface area contributed by atoms with Crippen LogP contribution in [0, 0.1) is 0 Å². The third kappa shape index (κ3) is 6.41. The molecule has 2 N–H and O–H groups in total. The van der Waals surface area contributed by atoms with Crippen LogP contribution in [0.1, 0.15) is 19.4 Å². The van der Waals surface area contributed by atoms with Gasteiger partial charge in [-0.15, -0.1) is 0 Å². The van der Waals surface area contributed by atoms with Crippen LogP contribution in [0.25, 0.3) is 6.08 Å². The van der Waals surface area contributed by atoms with Crippen LogP contribution < -0.4 is 25.0 Å². The molecule has 0 aromatic heterocycles. The van der Waals surface area contributed by atoms with Gasteiger partial charge < -0.3 is 25.0 Å². The summed E-state index contributed by atoms with van der Waals surface area (Å²) in [5, 5.41) is 5.58. The van der Waals surface area contributed by atoms with E-state index in [0.29, 0.717) is 22.9 Å². The molecular weight excluding hydrogens is 442 g/mol. The highest BCUT2D eigenvalue weighted by molar-refractivity contribution is 6.29. The Morgan fingerprint density at radius 1 is 0.743 bits per heavy atom. The molecular formula is C28H31N3O4. The molecule has 182 valence electrons. The number of para-hydroxylation sites is 4. The summed E-state index contributed by atoms with van der Waals surface area (Å²) in [6.07, 6.45) is 1.57. The molecule has 0 atom stereocenters. The molecule has 7 heteroatoms. The molecule has 0 fully saturated rings. The first-order valence-electron chi connectivity index (χ1n) is 11.5. The predicted molar refractivity (Wildman–Crippen MR) is 141 cm³/mol. The van der Waals surface area contributed by atoms with E-state index in [4.69, 9.17) is 9.47 Å². The SMILES string of the molecule is CCN(CC)c1ccc(C=C(C(=O)Nc2ccccc2OC)C(=O)Nc2ccccc2OC)cc1. The molecule has 0 unspecified atom stereocenters. The van der Waals surface area contributed by atoms with Crippen molar-refractivity contribution in [2.24, 2.45) is 0 Å². The van der Waals surface area contributed by atoms with Crippen molar-refractivity contribution in [3.05, 3.63) is 83.9 Å². The van der Waals surface area contributed by atoms with Crippen LogP contribution in [0.3, 0.4) is 0 Å². The number of ether oxygens (including phenoxy) is 2. The van der Waals surface area contributed by atoms with Crippen LogP contribution in [-0.4, -0.2) is 39.1 Å². The monoisotopic (exact) mass is 473 g/mol. The van der Waals surface area contributed by atoms with Gasteiger partial charge in [0.2, 0.25) is 0 Å². The smallest absolute Gasteiger partial charge is 0.261 e. The van der Waals surface area contributed by atoms with Gasteiger partial charge in [0, 0.05) is 18.8 Å². The van der Waals surface area contributed by atoms with Gasteiger partial charge >= 0.3 is 0 Å². The molecule has 7 nitrogen and oxygen atoms in total. The van der Waals surface area contributed by atoms with Crippen LogP contribution in [0.4, 0.5) is 17.1 Å². The summed E-state index contributed by atoms with van der Waals surface area (Å²) < 4.78 is 10.7. The van der Waals surface area contributed by atoms with Gasteiger partial charge in [-0.2, -0.15) is 0 Å². The van der Waals surface area contributed by atoms with Crippen molar-refractivity contribution in [1.29, 1.82) is 0 Å². The zero-order valence-corrected chi connectivity index (χ0v) is 20.5. The summed E-state index contributed by atoms with van der Waals surface area (Å²) in [6, 6.07) is 21.8. The van der Waals surface area contributed by atoms with Crippen molar-refractivity contribution < 1.29 is 19.1 Å². The second-order valence-electron chi connectivity index (χ2n) is 7.63. The number of carbonyl (C=O) groups is 2. The number of carbonyl (C=O) groups excluding carboxylic acids is 2. The molecule has 2 amide bonds. The first-order valence-corrected chi connectivity index (χ1v) is 11.5. The third-order valence-corrected chi connectivity index (χ3v) is 5.53. The van der Waals surface area contributed by atoms with Crippen LogP contribution >= 0.6 is 0 Å². The Kier molecular flexibility index (Phi) is 8.89. The van der Waals surface area contributed by atoms with Crippen molar-refractivity contribution in [3.63, 3.8) is 0 Å². The number of benzene rings is 3. The Balaban J connectivity index is 1.95. The fraction of sp³-hybridized carbons (Fsp3) is 0.214. The molecule has 35 heavy (non-hydrogen) atoms. The normalized spacial score (nSPS) is 10.2. The fourth-order valence-corrected chi connectivity index (χ4v) is 3.65. The lowest BCUT2D eigenvalue weighted by Gasteiger charge is -2.21. The summed E-state index contributed by atoms with van der Waals surface area (Å²) >= 11 is 0. The van der Waals surface area contributed by atoms with E-state index in [1.165, 1.54) is 14.2 Å². The van der Waals surface area contributed by atoms with Crippen molar-refractivity contribution >= 4 is 35.0 Å². The first-order chi connectivity index (χ1) is 17.0. The van der Waals surface area contributed by atoms with Crippen LogP contribution in [0.15, 0.2) is 78.4 Å². The third-order valence-electron chi connectivity index (χ3n) is 5.53. The second-order valence-corrected chi connectivity index (χ2v) is 7.63. The van der Waals surface area contributed by atoms with Gasteiger partial charge in [-0.25, -0.2) is 0 Å². The number of rotatable bonds is 10. The number of methoxy groups -OCH3 is 2. The quantitative estimate of drug-likeness (QED) is 0.240. The first kappa shape index (κ1) is 25.4. The van der Waals surface area contributed by atoms with E-state index in [1.54, 1.807) is 54.6 Å². The number of anilines is 3. The molecule has 0 aliphatic carbocycles. The van der Waals surface area contributed by atoms with E-state index >= 15 is 0 Å². The molecule has 0 saturated carbocycles. The Bertz CT molecular complexity index is 1120. The predicted octanol–water partition coefficient (Wildman–Crippen LogP) is 5.21. The lowest BCUT2D eigenvalue weighted by Crippen LogP contribution is -2.25. The summed E-state index contributed by atoms with van der Waals surface area (Å²) in [5.74, 6) is -0.132. The molecule has 0 bridgehead atoms. The maximum absolute atomic E-state index is 13.3. The van der Waals surface area contributed by atoms with Gasteiger partial charge in [-0.05, 0) is 61.9 Å². The Hall–Kier alpha value is -4.26. The minimum atomic E-state index is -0.560. The zero-order valence-electron chi connectivity index (χ0n) is 20.5. The molecule has 3 aromatic rings. The number of amides is 2. The zero-order chi connectivity index (χ0) is 25.2. The topological polar surface area (TPSA) is 79.9 Å². The minimum absolute atomic E-state index is 0.0580. The Labute approximate surface area is 206 Å². The lowest BCUT2D eigenvalue weighted by molar-refractivity contribution is -0.118. The van der Waals surface area contributed by atoms with Crippen molar-refractivity contribution in [2.45, 2.75) is 13.8 Å². The second kappa shape index (κ2) is 12.3. The summed E-state index contributed by atoms with van der Waals surface area (Å²) in [5.41, 5.74) is 2.67. The maximum Gasteiger partial charge on any atom is 0.261 e. The van der Waals surface area contributed by atoms with Gasteiger partial charge in [-0.3, -0.25) is 9.59 Å². The molecule has 3 aromatic carbocycles. The van der Waals surface area contributed by atoms with Crippen LogP contribution in [-0.2, 0) is 9.59 Å². The number of nitrogens with one attached hydrogen (secondary N) is 2. The average Bonchev–Trinajstić information content (AvgIpc) is 2.89. The number of hydrogen-bond acceptors (Lipinski definition) is 5. The van der Waals surface area contributed by atoms with Crippen molar-refractivity contribution in [3.8, 4) is 11.5 Å². The molecule has 0 aliphatic rings. The van der Waals surface area contributed by atoms with Gasteiger partial charge in [0.05, 0.1) is 25.6 Å². The maximum atomic E-state index is 13.3. The highest BCUT2D eigenvalue weighted by Crippen LogP contribution is 2.26. The van der Waals surface area contributed by atoms with Gasteiger partial charge in [0.15, 0.2) is 0 Å². The fourth-order valence-electron chi connectivity index (χ4n) is 3.65.